The highest BCUT2D eigenvalue weighted by Gasteiger charge is 2.06. The van der Waals surface area contributed by atoms with Gasteiger partial charge in [0.1, 0.15) is 23.3 Å². The Kier molecular flexibility index (Phi) is 3.35. The van der Waals surface area contributed by atoms with Gasteiger partial charge in [-0.2, -0.15) is 5.26 Å². The first-order chi connectivity index (χ1) is 8.72. The zero-order chi connectivity index (χ0) is 13.0. The Bertz CT molecular complexity index is 603. The zero-order valence-electron chi connectivity index (χ0n) is 9.88. The third-order valence-electron chi connectivity index (χ3n) is 2.40. The lowest BCUT2D eigenvalue weighted by molar-refractivity contribution is 0.409. The van der Waals surface area contributed by atoms with Crippen molar-refractivity contribution in [1.29, 1.82) is 5.26 Å². The monoisotopic (exact) mass is 240 g/mol. The van der Waals surface area contributed by atoms with Gasteiger partial charge in [-0.3, -0.25) is 0 Å². The van der Waals surface area contributed by atoms with Crippen LogP contribution in [-0.2, 0) is 0 Å². The average molecular weight is 240 g/mol. The SMILES string of the molecule is COc1ccc(C#N)c(Oc2cccc(N)c2)c1. The first-order valence-electron chi connectivity index (χ1n) is 5.34. The molecule has 0 saturated carbocycles. The Morgan fingerprint density at radius 2 is 1.94 bits per heavy atom. The number of nitrogens with two attached hydrogens (primary N) is 1. The van der Waals surface area contributed by atoms with Crippen molar-refractivity contribution in [2.75, 3.05) is 12.8 Å². The van der Waals surface area contributed by atoms with E-state index < -0.39 is 0 Å². The van der Waals surface area contributed by atoms with E-state index in [4.69, 9.17) is 20.5 Å². The number of hydrogen-bond acceptors (Lipinski definition) is 4. The van der Waals surface area contributed by atoms with E-state index in [9.17, 15) is 0 Å². The van der Waals surface area contributed by atoms with Gasteiger partial charge < -0.3 is 15.2 Å². The molecule has 0 unspecified atom stereocenters. The van der Waals surface area contributed by atoms with Crippen molar-refractivity contribution in [2.24, 2.45) is 0 Å². The molecule has 2 N–H and O–H groups in total. The summed E-state index contributed by atoms with van der Waals surface area (Å²) in [6.45, 7) is 0. The molecule has 0 radical (unpaired) electrons. The lowest BCUT2D eigenvalue weighted by Gasteiger charge is -2.09. The molecule has 2 aromatic rings. The van der Waals surface area contributed by atoms with Gasteiger partial charge >= 0.3 is 0 Å². The second kappa shape index (κ2) is 5.11. The summed E-state index contributed by atoms with van der Waals surface area (Å²) in [5.41, 5.74) is 6.72. The summed E-state index contributed by atoms with van der Waals surface area (Å²) >= 11 is 0. The second-order valence-electron chi connectivity index (χ2n) is 3.65. The first kappa shape index (κ1) is 11.8. The van der Waals surface area contributed by atoms with Gasteiger partial charge in [0, 0.05) is 17.8 Å². The number of anilines is 1. The van der Waals surface area contributed by atoms with Crippen LogP contribution < -0.4 is 15.2 Å². The summed E-state index contributed by atoms with van der Waals surface area (Å²) in [6.07, 6.45) is 0. The highest BCUT2D eigenvalue weighted by Crippen LogP contribution is 2.29. The van der Waals surface area contributed by atoms with E-state index in [1.807, 2.05) is 0 Å². The van der Waals surface area contributed by atoms with Gasteiger partial charge in [0.05, 0.1) is 12.7 Å². The molecule has 2 rings (SSSR count). The van der Waals surface area contributed by atoms with E-state index in [0.29, 0.717) is 28.5 Å². The Morgan fingerprint density at radius 1 is 1.11 bits per heavy atom. The van der Waals surface area contributed by atoms with Crippen molar-refractivity contribution in [1.82, 2.24) is 0 Å². The van der Waals surface area contributed by atoms with E-state index in [1.165, 1.54) is 0 Å². The van der Waals surface area contributed by atoms with Crippen molar-refractivity contribution in [2.45, 2.75) is 0 Å². The summed E-state index contributed by atoms with van der Waals surface area (Å²) in [7, 11) is 1.56. The van der Waals surface area contributed by atoms with Crippen LogP contribution in [0.5, 0.6) is 17.2 Å². The molecule has 0 atom stereocenters. The van der Waals surface area contributed by atoms with Crippen molar-refractivity contribution < 1.29 is 9.47 Å². The van der Waals surface area contributed by atoms with Gasteiger partial charge in [0.25, 0.3) is 0 Å². The average Bonchev–Trinajstić information content (AvgIpc) is 2.38. The Hall–Kier alpha value is -2.67. The minimum atomic E-state index is 0.443. The van der Waals surface area contributed by atoms with Crippen LogP contribution >= 0.6 is 0 Å². The minimum absolute atomic E-state index is 0.443. The number of hydrogen-bond donors (Lipinski definition) is 1. The van der Waals surface area contributed by atoms with Crippen LogP contribution in [0.25, 0.3) is 0 Å². The molecule has 0 aliphatic heterocycles. The van der Waals surface area contributed by atoms with Crippen molar-refractivity contribution in [3.63, 3.8) is 0 Å². The van der Waals surface area contributed by atoms with Gasteiger partial charge in [-0.05, 0) is 24.3 Å². The van der Waals surface area contributed by atoms with Gasteiger partial charge in [-0.1, -0.05) is 6.07 Å². The molecule has 0 heterocycles. The highest BCUT2D eigenvalue weighted by atomic mass is 16.5. The maximum atomic E-state index is 9.02. The van der Waals surface area contributed by atoms with Crippen LogP contribution in [0, 0.1) is 11.3 Å². The van der Waals surface area contributed by atoms with Gasteiger partial charge in [0.2, 0.25) is 0 Å². The Morgan fingerprint density at radius 3 is 2.61 bits per heavy atom. The van der Waals surface area contributed by atoms with Crippen LogP contribution in [0.4, 0.5) is 5.69 Å². The van der Waals surface area contributed by atoms with Crippen LogP contribution in [0.15, 0.2) is 42.5 Å². The van der Waals surface area contributed by atoms with E-state index in [0.717, 1.165) is 0 Å². The topological polar surface area (TPSA) is 68.3 Å². The van der Waals surface area contributed by atoms with E-state index in [2.05, 4.69) is 6.07 Å². The highest BCUT2D eigenvalue weighted by molar-refractivity contribution is 5.51. The van der Waals surface area contributed by atoms with Crippen LogP contribution in [0.3, 0.4) is 0 Å². The molecule has 0 fully saturated rings. The maximum absolute atomic E-state index is 9.02. The zero-order valence-corrected chi connectivity index (χ0v) is 9.88. The largest absolute Gasteiger partial charge is 0.497 e. The van der Waals surface area contributed by atoms with Gasteiger partial charge in [0.15, 0.2) is 0 Å². The quantitative estimate of drug-likeness (QED) is 0.837. The Balaban J connectivity index is 2.36. The standard InChI is InChI=1S/C14H12N2O2/c1-17-12-6-5-10(9-15)14(8-12)18-13-4-2-3-11(16)7-13/h2-8H,16H2,1H3. The molecule has 4 nitrogen and oxygen atoms in total. The van der Waals surface area contributed by atoms with Gasteiger partial charge in [-0.25, -0.2) is 0 Å². The lowest BCUT2D eigenvalue weighted by atomic mass is 10.2. The normalized spacial score (nSPS) is 9.56. The van der Waals surface area contributed by atoms with Crippen molar-refractivity contribution in [3.8, 4) is 23.3 Å². The molecule has 0 amide bonds. The fourth-order valence-corrected chi connectivity index (χ4v) is 1.51. The summed E-state index contributed by atoms with van der Waals surface area (Å²) in [6, 6.07) is 14.1. The molecule has 90 valence electrons. The van der Waals surface area contributed by atoms with Crippen molar-refractivity contribution >= 4 is 5.69 Å². The Labute approximate surface area is 105 Å². The molecular formula is C14H12N2O2. The predicted octanol–water partition coefficient (Wildman–Crippen LogP) is 2.94. The van der Waals surface area contributed by atoms with Crippen LogP contribution in [0.1, 0.15) is 5.56 Å². The summed E-state index contributed by atoms with van der Waals surface area (Å²) < 4.78 is 10.7. The first-order valence-corrected chi connectivity index (χ1v) is 5.34. The lowest BCUT2D eigenvalue weighted by Crippen LogP contribution is -1.91. The molecule has 18 heavy (non-hydrogen) atoms. The molecule has 0 aromatic heterocycles. The molecule has 0 saturated heterocycles. The smallest absolute Gasteiger partial charge is 0.148 e. The summed E-state index contributed by atoms with van der Waals surface area (Å²) in [5.74, 6) is 1.66. The third kappa shape index (κ3) is 2.53. The van der Waals surface area contributed by atoms with E-state index in [-0.39, 0.29) is 0 Å². The van der Waals surface area contributed by atoms with E-state index in [1.54, 1.807) is 49.6 Å². The van der Waals surface area contributed by atoms with Crippen LogP contribution in [0.2, 0.25) is 0 Å². The number of nitrogen functional groups attached to an aromatic ring is 1. The number of rotatable bonds is 3. The fourth-order valence-electron chi connectivity index (χ4n) is 1.51. The third-order valence-corrected chi connectivity index (χ3v) is 2.40. The summed E-state index contributed by atoms with van der Waals surface area (Å²) in [4.78, 5) is 0. The maximum Gasteiger partial charge on any atom is 0.148 e. The molecule has 0 aliphatic carbocycles. The molecule has 0 spiro atoms. The summed E-state index contributed by atoms with van der Waals surface area (Å²) in [5, 5.41) is 9.02. The van der Waals surface area contributed by atoms with Gasteiger partial charge in [-0.15, -0.1) is 0 Å². The molecule has 0 bridgehead atoms. The number of methoxy groups -OCH3 is 1. The fraction of sp³-hybridized carbons (Fsp3) is 0.0714. The van der Waals surface area contributed by atoms with Crippen molar-refractivity contribution in [3.05, 3.63) is 48.0 Å². The number of ether oxygens (including phenoxy) is 2. The molecule has 0 aliphatic rings. The molecule has 4 heteroatoms. The minimum Gasteiger partial charge on any atom is -0.497 e. The van der Waals surface area contributed by atoms with E-state index >= 15 is 0 Å². The molecular weight excluding hydrogens is 228 g/mol. The second-order valence-corrected chi connectivity index (χ2v) is 3.65. The molecule has 2 aromatic carbocycles. The predicted molar refractivity (Wildman–Crippen MR) is 68.6 cm³/mol. The number of nitriles is 1. The number of benzene rings is 2. The van der Waals surface area contributed by atoms with Crippen LogP contribution in [-0.4, -0.2) is 7.11 Å². The number of nitrogens with zero attached hydrogens (tertiary/aromatic N) is 1.